The van der Waals surface area contributed by atoms with E-state index < -0.39 is 19.7 Å². The van der Waals surface area contributed by atoms with Crippen molar-refractivity contribution in [1.82, 2.24) is 0 Å². The Morgan fingerprint density at radius 1 is 0.476 bits per heavy atom. The summed E-state index contributed by atoms with van der Waals surface area (Å²) in [6.45, 7) is 0.469. The van der Waals surface area contributed by atoms with Crippen LogP contribution in [0.3, 0.4) is 0 Å². The minimum atomic E-state index is -3.87. The van der Waals surface area contributed by atoms with Crippen LogP contribution in [0.15, 0.2) is 141 Å². The molecule has 0 radical (unpaired) electrons. The lowest BCUT2D eigenvalue weighted by Gasteiger charge is -2.11. The lowest BCUT2D eigenvalue weighted by Crippen LogP contribution is -2.03. The van der Waals surface area contributed by atoms with Gasteiger partial charge in [0.05, 0.1) is 9.79 Å². The second-order valence-corrected chi connectivity index (χ2v) is 13.1. The van der Waals surface area contributed by atoms with Crippen LogP contribution >= 0.6 is 0 Å². The zero-order valence-electron chi connectivity index (χ0n) is 22.1. The summed E-state index contributed by atoms with van der Waals surface area (Å²) in [5.74, 6) is 0.338. The summed E-state index contributed by atoms with van der Waals surface area (Å²) in [7, 11) is -7.74. The maximum Gasteiger partial charge on any atom is 0.210 e. The summed E-state index contributed by atoms with van der Waals surface area (Å²) < 4.78 is 63.0. The highest BCUT2D eigenvalue weighted by Crippen LogP contribution is 2.30. The Hall–Kier alpha value is -4.80. The fourth-order valence-electron chi connectivity index (χ4n) is 4.20. The molecule has 5 rings (SSSR count). The van der Waals surface area contributed by atoms with E-state index in [2.05, 4.69) is 0 Å². The zero-order chi connectivity index (χ0) is 29.7. The molecule has 10 heteroatoms. The van der Waals surface area contributed by atoms with Gasteiger partial charge in [-0.25, -0.2) is 16.8 Å². The standard InChI is InChI=1S/C32H26O8S2/c33-29-8-1-3-10-31(29)41(35,36)27-16-12-25(13-17-27)39-21-23-6-5-7-24(20-23)22-40-26-14-18-28(19-15-26)42(37,38)32-11-4-2-9-30(32)34/h1-20,33-34H,21-22H2. The third kappa shape index (κ3) is 6.24. The van der Waals surface area contributed by atoms with Gasteiger partial charge in [-0.1, -0.05) is 42.5 Å². The topological polar surface area (TPSA) is 127 Å². The normalized spacial score (nSPS) is 11.6. The number of rotatable bonds is 10. The molecular weight excluding hydrogens is 576 g/mol. The Morgan fingerprint density at radius 2 is 0.857 bits per heavy atom. The highest BCUT2D eigenvalue weighted by Gasteiger charge is 2.22. The molecule has 5 aromatic carbocycles. The van der Waals surface area contributed by atoms with Crippen LogP contribution in [0.4, 0.5) is 0 Å². The third-order valence-corrected chi connectivity index (χ3v) is 10.0. The van der Waals surface area contributed by atoms with Crippen molar-refractivity contribution >= 4 is 19.7 Å². The number of hydrogen-bond donors (Lipinski definition) is 2. The van der Waals surface area contributed by atoms with Crippen LogP contribution in [0.2, 0.25) is 0 Å². The second-order valence-electron chi connectivity index (χ2n) is 9.28. The smallest absolute Gasteiger partial charge is 0.210 e. The van der Waals surface area contributed by atoms with Gasteiger partial charge in [0.25, 0.3) is 0 Å². The third-order valence-electron chi connectivity index (χ3n) is 6.38. The molecule has 0 atom stereocenters. The Kier molecular flexibility index (Phi) is 8.19. The first kappa shape index (κ1) is 28.7. The monoisotopic (exact) mass is 602 g/mol. The van der Waals surface area contributed by atoms with Crippen LogP contribution in [-0.4, -0.2) is 27.0 Å². The van der Waals surface area contributed by atoms with Crippen molar-refractivity contribution in [2.24, 2.45) is 0 Å². The molecule has 8 nitrogen and oxygen atoms in total. The van der Waals surface area contributed by atoms with Crippen LogP contribution < -0.4 is 9.47 Å². The average Bonchev–Trinajstić information content (AvgIpc) is 3.00. The van der Waals surface area contributed by atoms with Crippen molar-refractivity contribution in [3.8, 4) is 23.0 Å². The fraction of sp³-hybridized carbons (Fsp3) is 0.0625. The molecule has 0 saturated heterocycles. The van der Waals surface area contributed by atoms with E-state index in [-0.39, 0.29) is 44.3 Å². The molecule has 5 aromatic rings. The molecular formula is C32H26O8S2. The van der Waals surface area contributed by atoms with Gasteiger partial charge >= 0.3 is 0 Å². The van der Waals surface area contributed by atoms with Crippen molar-refractivity contribution in [1.29, 1.82) is 0 Å². The van der Waals surface area contributed by atoms with Crippen LogP contribution in [0.5, 0.6) is 23.0 Å². The van der Waals surface area contributed by atoms with E-state index >= 15 is 0 Å². The largest absolute Gasteiger partial charge is 0.507 e. The van der Waals surface area contributed by atoms with Gasteiger partial charge in [-0.05, 0) is 90.0 Å². The Labute approximate surface area is 243 Å². The van der Waals surface area contributed by atoms with E-state index in [0.29, 0.717) is 11.5 Å². The number of aromatic hydroxyl groups is 2. The lowest BCUT2D eigenvalue weighted by atomic mass is 10.1. The van der Waals surface area contributed by atoms with Crippen molar-refractivity contribution < 1.29 is 36.5 Å². The Morgan fingerprint density at radius 3 is 1.24 bits per heavy atom. The number of phenols is 2. The van der Waals surface area contributed by atoms with Gasteiger partial charge in [-0.2, -0.15) is 0 Å². The molecule has 0 aromatic heterocycles. The Bertz CT molecular complexity index is 1780. The lowest BCUT2D eigenvalue weighted by molar-refractivity contribution is 0.299. The van der Waals surface area contributed by atoms with Crippen molar-refractivity contribution in [2.75, 3.05) is 0 Å². The SMILES string of the molecule is O=S(=O)(c1ccc(OCc2cccc(COc3ccc(S(=O)(=O)c4ccccc4O)cc3)c2)cc1)c1ccccc1O. The first-order valence-corrected chi connectivity index (χ1v) is 15.7. The van der Waals surface area contributed by atoms with E-state index in [1.165, 1.54) is 48.5 Å². The average molecular weight is 603 g/mol. The Balaban J connectivity index is 1.19. The van der Waals surface area contributed by atoms with Gasteiger partial charge in [0, 0.05) is 0 Å². The minimum Gasteiger partial charge on any atom is -0.507 e. The summed E-state index contributed by atoms with van der Waals surface area (Å²) in [5.41, 5.74) is 1.73. The van der Waals surface area contributed by atoms with E-state index in [1.807, 2.05) is 24.3 Å². The molecule has 0 bridgehead atoms. The molecule has 214 valence electrons. The molecule has 0 spiro atoms. The molecule has 42 heavy (non-hydrogen) atoms. The zero-order valence-corrected chi connectivity index (χ0v) is 23.8. The van der Waals surface area contributed by atoms with Crippen molar-refractivity contribution in [3.05, 3.63) is 132 Å². The maximum absolute atomic E-state index is 12.8. The van der Waals surface area contributed by atoms with Crippen LogP contribution in [-0.2, 0) is 32.9 Å². The van der Waals surface area contributed by atoms with Crippen molar-refractivity contribution in [2.45, 2.75) is 32.8 Å². The quantitative estimate of drug-likeness (QED) is 0.202. The van der Waals surface area contributed by atoms with E-state index in [1.54, 1.807) is 48.5 Å². The molecule has 0 aliphatic heterocycles. The van der Waals surface area contributed by atoms with Gasteiger partial charge in [-0.3, -0.25) is 0 Å². The fourth-order valence-corrected chi connectivity index (χ4v) is 6.89. The predicted molar refractivity (Wildman–Crippen MR) is 155 cm³/mol. The molecule has 0 unspecified atom stereocenters. The van der Waals surface area contributed by atoms with E-state index in [4.69, 9.17) is 9.47 Å². The maximum atomic E-state index is 12.8. The molecule has 0 heterocycles. The molecule has 0 aliphatic rings. The predicted octanol–water partition coefficient (Wildman–Crippen LogP) is 5.92. The highest BCUT2D eigenvalue weighted by atomic mass is 32.2. The van der Waals surface area contributed by atoms with Gasteiger partial charge in [-0.15, -0.1) is 0 Å². The molecule has 0 aliphatic carbocycles. The molecule has 0 fully saturated rings. The number of sulfone groups is 2. The van der Waals surface area contributed by atoms with Gasteiger partial charge in [0.1, 0.15) is 46.0 Å². The number of benzene rings is 5. The summed E-state index contributed by atoms with van der Waals surface area (Å²) >= 11 is 0. The summed E-state index contributed by atoms with van der Waals surface area (Å²) in [6.07, 6.45) is 0. The van der Waals surface area contributed by atoms with E-state index in [9.17, 15) is 27.0 Å². The molecule has 0 saturated carbocycles. The summed E-state index contributed by atoms with van der Waals surface area (Å²) in [6, 6.07) is 31.1. The van der Waals surface area contributed by atoms with Crippen molar-refractivity contribution in [3.63, 3.8) is 0 Å². The first-order valence-electron chi connectivity index (χ1n) is 12.7. The van der Waals surface area contributed by atoms with Crippen LogP contribution in [0.25, 0.3) is 0 Å². The summed E-state index contributed by atoms with van der Waals surface area (Å²) in [5, 5.41) is 19.9. The molecule has 2 N–H and O–H groups in total. The first-order chi connectivity index (χ1) is 20.1. The van der Waals surface area contributed by atoms with Crippen LogP contribution in [0, 0.1) is 0 Å². The van der Waals surface area contributed by atoms with Gasteiger partial charge in [0.2, 0.25) is 19.7 Å². The number of phenolic OH excluding ortho intramolecular Hbond substituents is 2. The number of para-hydroxylation sites is 2. The number of ether oxygens (including phenoxy) is 2. The minimum absolute atomic E-state index is 0.0411. The number of hydrogen-bond acceptors (Lipinski definition) is 8. The van der Waals surface area contributed by atoms with Gasteiger partial charge < -0.3 is 19.7 Å². The highest BCUT2D eigenvalue weighted by molar-refractivity contribution is 7.92. The second kappa shape index (κ2) is 12.0. The van der Waals surface area contributed by atoms with Crippen LogP contribution in [0.1, 0.15) is 11.1 Å². The summed E-state index contributed by atoms with van der Waals surface area (Å²) in [4.78, 5) is -0.240. The molecule has 0 amide bonds. The van der Waals surface area contributed by atoms with Gasteiger partial charge in [0.15, 0.2) is 0 Å². The van der Waals surface area contributed by atoms with E-state index in [0.717, 1.165) is 11.1 Å².